The standard InChI is InChI=1S/C25H21N3O/c29-23-14-25(20-15-26-21-12-6-4-10-18(20)21)19-11-5-7-13-22(19)27-24(25)28(23)16-17-8-2-1-3-9-17/h1-13,15,24,26-27H,14,16H2/t24-,25-/m0/s1. The summed E-state index contributed by atoms with van der Waals surface area (Å²) in [5, 5.41) is 4.87. The molecule has 0 saturated carbocycles. The molecule has 0 spiro atoms. The fraction of sp³-hybridized carbons (Fsp3) is 0.160. The van der Waals surface area contributed by atoms with Crippen molar-refractivity contribution in [2.45, 2.75) is 24.5 Å². The molecule has 0 radical (unpaired) electrons. The maximum Gasteiger partial charge on any atom is 0.225 e. The highest BCUT2D eigenvalue weighted by Gasteiger charge is 2.58. The van der Waals surface area contributed by atoms with Crippen molar-refractivity contribution >= 4 is 22.5 Å². The number of benzene rings is 3. The Morgan fingerprint density at radius 3 is 2.55 bits per heavy atom. The van der Waals surface area contributed by atoms with Gasteiger partial charge in [-0.05, 0) is 28.8 Å². The van der Waals surface area contributed by atoms with Crippen molar-refractivity contribution < 1.29 is 4.79 Å². The third kappa shape index (κ3) is 2.23. The van der Waals surface area contributed by atoms with Gasteiger partial charge in [-0.2, -0.15) is 0 Å². The lowest BCUT2D eigenvalue weighted by molar-refractivity contribution is -0.129. The SMILES string of the molecule is O=C1C[C@@]2(c3c[nH]c4ccccc34)c3ccccc3N[C@H]2N1Cc1ccccc1. The van der Waals surface area contributed by atoms with Crippen LogP contribution in [0.2, 0.25) is 0 Å². The second-order valence-electron chi connectivity index (χ2n) is 8.00. The molecule has 3 heterocycles. The van der Waals surface area contributed by atoms with Crippen LogP contribution in [0.15, 0.2) is 85.1 Å². The molecule has 142 valence electrons. The van der Waals surface area contributed by atoms with Crippen molar-refractivity contribution in [2.75, 3.05) is 5.32 Å². The molecule has 0 aliphatic carbocycles. The van der Waals surface area contributed by atoms with Crippen LogP contribution in [0.3, 0.4) is 0 Å². The molecule has 0 unspecified atom stereocenters. The van der Waals surface area contributed by atoms with E-state index < -0.39 is 5.41 Å². The van der Waals surface area contributed by atoms with E-state index in [0.717, 1.165) is 16.8 Å². The van der Waals surface area contributed by atoms with Crippen molar-refractivity contribution in [3.63, 3.8) is 0 Å². The average molecular weight is 379 g/mol. The molecular weight excluding hydrogens is 358 g/mol. The van der Waals surface area contributed by atoms with Crippen molar-refractivity contribution in [3.05, 3.63) is 102 Å². The zero-order chi connectivity index (χ0) is 19.4. The molecule has 0 bridgehead atoms. The molecule has 1 amide bonds. The van der Waals surface area contributed by atoms with Crippen LogP contribution < -0.4 is 5.32 Å². The van der Waals surface area contributed by atoms with Gasteiger partial charge in [0.2, 0.25) is 5.91 Å². The lowest BCUT2D eigenvalue weighted by Crippen LogP contribution is -2.44. The van der Waals surface area contributed by atoms with Gasteiger partial charge in [0.15, 0.2) is 0 Å². The summed E-state index contributed by atoms with van der Waals surface area (Å²) in [5.41, 5.74) is 5.37. The van der Waals surface area contributed by atoms with E-state index in [1.165, 1.54) is 16.5 Å². The smallest absolute Gasteiger partial charge is 0.225 e. The Kier molecular flexibility index (Phi) is 3.39. The van der Waals surface area contributed by atoms with E-state index in [1.807, 2.05) is 29.2 Å². The van der Waals surface area contributed by atoms with Gasteiger partial charge in [0, 0.05) is 35.8 Å². The van der Waals surface area contributed by atoms with Gasteiger partial charge < -0.3 is 15.2 Å². The van der Waals surface area contributed by atoms with Crippen LogP contribution >= 0.6 is 0 Å². The summed E-state index contributed by atoms with van der Waals surface area (Å²) < 4.78 is 0. The van der Waals surface area contributed by atoms with Gasteiger partial charge in [-0.15, -0.1) is 0 Å². The number of carbonyl (C=O) groups is 1. The van der Waals surface area contributed by atoms with Crippen LogP contribution in [-0.2, 0) is 16.8 Å². The number of anilines is 1. The molecule has 2 aliphatic rings. The summed E-state index contributed by atoms with van der Waals surface area (Å²) >= 11 is 0. The van der Waals surface area contributed by atoms with Gasteiger partial charge in [-0.25, -0.2) is 0 Å². The van der Waals surface area contributed by atoms with Crippen molar-refractivity contribution in [2.24, 2.45) is 0 Å². The van der Waals surface area contributed by atoms with E-state index in [1.54, 1.807) is 0 Å². The first kappa shape index (κ1) is 16.4. The number of amides is 1. The lowest BCUT2D eigenvalue weighted by atomic mass is 9.73. The van der Waals surface area contributed by atoms with Gasteiger partial charge in [0.1, 0.15) is 6.17 Å². The van der Waals surface area contributed by atoms with Gasteiger partial charge >= 0.3 is 0 Å². The Morgan fingerprint density at radius 2 is 1.66 bits per heavy atom. The number of nitrogens with zero attached hydrogens (tertiary/aromatic N) is 1. The molecule has 1 aromatic heterocycles. The monoisotopic (exact) mass is 379 g/mol. The van der Waals surface area contributed by atoms with Crippen LogP contribution in [0, 0.1) is 0 Å². The predicted molar refractivity (Wildman–Crippen MR) is 115 cm³/mol. The minimum atomic E-state index is -0.401. The summed E-state index contributed by atoms with van der Waals surface area (Å²) in [6.07, 6.45) is 2.46. The summed E-state index contributed by atoms with van der Waals surface area (Å²) in [6.45, 7) is 0.607. The third-order valence-corrected chi connectivity index (χ3v) is 6.49. The molecule has 2 N–H and O–H groups in total. The number of nitrogens with one attached hydrogen (secondary N) is 2. The first-order valence-electron chi connectivity index (χ1n) is 10.0. The molecule has 4 nitrogen and oxygen atoms in total. The largest absolute Gasteiger partial charge is 0.364 e. The average Bonchev–Trinajstić information content (AvgIpc) is 3.40. The van der Waals surface area contributed by atoms with Crippen molar-refractivity contribution in [3.8, 4) is 0 Å². The second kappa shape index (κ2) is 5.98. The highest BCUT2D eigenvalue weighted by molar-refractivity contribution is 5.92. The van der Waals surface area contributed by atoms with Gasteiger partial charge in [0.05, 0.1) is 5.41 Å². The molecule has 1 fully saturated rings. The summed E-state index contributed by atoms with van der Waals surface area (Å²) in [4.78, 5) is 18.8. The number of fused-ring (bicyclic) bond motifs is 4. The van der Waals surface area contributed by atoms with Crippen LogP contribution in [0.25, 0.3) is 10.9 Å². The molecular formula is C25H21N3O. The number of H-pyrrole nitrogens is 1. The Morgan fingerprint density at radius 1 is 0.897 bits per heavy atom. The highest BCUT2D eigenvalue weighted by atomic mass is 16.2. The van der Waals surface area contributed by atoms with Crippen LogP contribution in [0.1, 0.15) is 23.1 Å². The number of aromatic amines is 1. The summed E-state index contributed by atoms with van der Waals surface area (Å²) in [5.74, 6) is 0.186. The molecule has 4 heteroatoms. The molecule has 1 saturated heterocycles. The number of carbonyl (C=O) groups excluding carboxylic acids is 1. The first-order valence-corrected chi connectivity index (χ1v) is 10.0. The van der Waals surface area contributed by atoms with E-state index in [0.29, 0.717) is 13.0 Å². The van der Waals surface area contributed by atoms with E-state index in [-0.39, 0.29) is 12.1 Å². The quantitative estimate of drug-likeness (QED) is 0.545. The van der Waals surface area contributed by atoms with E-state index >= 15 is 0 Å². The molecule has 4 aromatic rings. The lowest BCUT2D eigenvalue weighted by Gasteiger charge is -2.32. The van der Waals surface area contributed by atoms with Gasteiger partial charge in [-0.3, -0.25) is 4.79 Å². The molecule has 2 aliphatic heterocycles. The number of para-hydroxylation sites is 2. The van der Waals surface area contributed by atoms with Crippen molar-refractivity contribution in [1.82, 2.24) is 9.88 Å². The fourth-order valence-electron chi connectivity index (χ4n) is 5.22. The Hall–Kier alpha value is -3.53. The minimum Gasteiger partial charge on any atom is -0.364 e. The third-order valence-electron chi connectivity index (χ3n) is 6.49. The minimum absolute atomic E-state index is 0.105. The van der Waals surface area contributed by atoms with E-state index in [4.69, 9.17) is 0 Å². The van der Waals surface area contributed by atoms with Crippen LogP contribution in [0.4, 0.5) is 5.69 Å². The molecule has 29 heavy (non-hydrogen) atoms. The molecule has 3 aromatic carbocycles. The van der Waals surface area contributed by atoms with Crippen molar-refractivity contribution in [1.29, 1.82) is 0 Å². The number of aromatic nitrogens is 1. The summed E-state index contributed by atoms with van der Waals surface area (Å²) in [7, 11) is 0. The number of rotatable bonds is 3. The fourth-order valence-corrected chi connectivity index (χ4v) is 5.22. The Bertz CT molecular complexity index is 1230. The first-order chi connectivity index (χ1) is 14.3. The maximum absolute atomic E-state index is 13.3. The zero-order valence-corrected chi connectivity index (χ0v) is 15.9. The van der Waals surface area contributed by atoms with E-state index in [9.17, 15) is 4.79 Å². The normalized spacial score (nSPS) is 22.6. The molecule has 2 atom stereocenters. The van der Waals surface area contributed by atoms with Crippen LogP contribution in [0.5, 0.6) is 0 Å². The number of likely N-dealkylation sites (tertiary alicyclic amines) is 1. The van der Waals surface area contributed by atoms with Gasteiger partial charge in [-0.1, -0.05) is 66.7 Å². The predicted octanol–water partition coefficient (Wildman–Crippen LogP) is 4.64. The van der Waals surface area contributed by atoms with E-state index in [2.05, 4.69) is 71.1 Å². The van der Waals surface area contributed by atoms with Gasteiger partial charge in [0.25, 0.3) is 0 Å². The highest BCUT2D eigenvalue weighted by Crippen LogP contribution is 2.54. The Balaban J connectivity index is 1.54. The maximum atomic E-state index is 13.3. The summed E-state index contributed by atoms with van der Waals surface area (Å²) in [6, 6.07) is 27.0. The Labute approximate surface area is 169 Å². The molecule has 6 rings (SSSR count). The zero-order valence-electron chi connectivity index (χ0n) is 15.9. The topological polar surface area (TPSA) is 48.1 Å². The number of hydrogen-bond donors (Lipinski definition) is 2. The second-order valence-corrected chi connectivity index (χ2v) is 8.00. The number of hydrogen-bond acceptors (Lipinski definition) is 2. The van der Waals surface area contributed by atoms with Crippen LogP contribution in [-0.4, -0.2) is 22.0 Å².